The molecular weight excluding hydrogens is 190 g/mol. The first-order valence-electron chi connectivity index (χ1n) is 5.33. The predicted octanol–water partition coefficient (Wildman–Crippen LogP) is 1.57. The van der Waals surface area contributed by atoms with E-state index in [4.69, 9.17) is 4.74 Å². The second kappa shape index (κ2) is 4.11. The molecule has 3 heteroatoms. The van der Waals surface area contributed by atoms with Crippen molar-refractivity contribution >= 4 is 5.69 Å². The summed E-state index contributed by atoms with van der Waals surface area (Å²) in [7, 11) is 0. The Morgan fingerprint density at radius 3 is 3.07 bits per heavy atom. The average Bonchev–Trinajstić information content (AvgIpc) is 2.16. The summed E-state index contributed by atoms with van der Waals surface area (Å²) in [6.07, 6.45) is -0.308. The fourth-order valence-electron chi connectivity index (χ4n) is 1.89. The zero-order valence-corrected chi connectivity index (χ0v) is 9.23. The third-order valence-electron chi connectivity index (χ3n) is 2.56. The topological polar surface area (TPSA) is 32.7 Å². The molecule has 2 rings (SSSR count). The fourth-order valence-corrected chi connectivity index (χ4v) is 1.89. The molecule has 0 fully saturated rings. The highest BCUT2D eigenvalue weighted by atomic mass is 16.5. The second-order valence-corrected chi connectivity index (χ2v) is 4.11. The lowest BCUT2D eigenvalue weighted by Gasteiger charge is -2.32. The predicted molar refractivity (Wildman–Crippen MR) is 60.6 cm³/mol. The fraction of sp³-hybridized carbons (Fsp3) is 0.500. The molecule has 1 aliphatic heterocycles. The maximum atomic E-state index is 9.40. The van der Waals surface area contributed by atoms with Crippen molar-refractivity contribution in [1.82, 2.24) is 0 Å². The van der Waals surface area contributed by atoms with Gasteiger partial charge in [-0.2, -0.15) is 0 Å². The second-order valence-electron chi connectivity index (χ2n) is 4.11. The average molecular weight is 207 g/mol. The molecular formula is C12H17NO2. The summed E-state index contributed by atoms with van der Waals surface area (Å²) in [6, 6.07) is 6.18. The number of β-amino-alcohol motifs (C(OH)–C–C–N with tert-alkyl or cyclic N) is 1. The summed E-state index contributed by atoms with van der Waals surface area (Å²) in [5.74, 6) is 0.932. The summed E-state index contributed by atoms with van der Waals surface area (Å²) in [5.41, 5.74) is 2.29. The molecule has 82 valence electrons. The number of ether oxygens (including phenoxy) is 1. The molecule has 1 aromatic carbocycles. The molecule has 1 unspecified atom stereocenters. The van der Waals surface area contributed by atoms with Crippen LogP contribution in [0.3, 0.4) is 0 Å². The third kappa shape index (κ3) is 2.23. The Kier molecular flexibility index (Phi) is 2.82. The van der Waals surface area contributed by atoms with Crippen LogP contribution in [0.1, 0.15) is 12.5 Å². The number of aryl methyl sites for hydroxylation is 1. The largest absolute Gasteiger partial charge is 0.490 e. The smallest absolute Gasteiger partial charge is 0.142 e. The van der Waals surface area contributed by atoms with Crippen molar-refractivity contribution in [3.8, 4) is 5.75 Å². The molecule has 0 aliphatic carbocycles. The van der Waals surface area contributed by atoms with Gasteiger partial charge in [-0.1, -0.05) is 6.07 Å². The first kappa shape index (κ1) is 10.3. The van der Waals surface area contributed by atoms with Gasteiger partial charge in [0.2, 0.25) is 0 Å². The van der Waals surface area contributed by atoms with E-state index in [0.717, 1.165) is 18.0 Å². The van der Waals surface area contributed by atoms with E-state index >= 15 is 0 Å². The minimum Gasteiger partial charge on any atom is -0.490 e. The number of rotatable bonds is 2. The molecule has 0 saturated carbocycles. The van der Waals surface area contributed by atoms with Crippen molar-refractivity contribution in [2.24, 2.45) is 0 Å². The van der Waals surface area contributed by atoms with Crippen molar-refractivity contribution in [3.63, 3.8) is 0 Å². The Bertz CT molecular complexity index is 349. The first-order valence-corrected chi connectivity index (χ1v) is 5.33. The van der Waals surface area contributed by atoms with Crippen LogP contribution in [0.2, 0.25) is 0 Å². The van der Waals surface area contributed by atoms with Gasteiger partial charge in [0.25, 0.3) is 0 Å². The number of benzene rings is 1. The zero-order chi connectivity index (χ0) is 10.8. The van der Waals surface area contributed by atoms with Crippen molar-refractivity contribution in [1.29, 1.82) is 0 Å². The van der Waals surface area contributed by atoms with Crippen LogP contribution in [0, 0.1) is 6.92 Å². The van der Waals surface area contributed by atoms with Crippen molar-refractivity contribution in [3.05, 3.63) is 23.8 Å². The number of fused-ring (bicyclic) bond motifs is 1. The number of aliphatic hydroxyl groups excluding tert-OH is 1. The van der Waals surface area contributed by atoms with Crippen LogP contribution in [-0.4, -0.2) is 30.9 Å². The SMILES string of the molecule is Cc1ccc2c(c1)OCCN2CC(C)O. The zero-order valence-electron chi connectivity index (χ0n) is 9.23. The molecule has 15 heavy (non-hydrogen) atoms. The Morgan fingerprint density at radius 1 is 1.53 bits per heavy atom. The van der Waals surface area contributed by atoms with Gasteiger partial charge in [0.1, 0.15) is 12.4 Å². The monoisotopic (exact) mass is 207 g/mol. The number of nitrogens with zero attached hydrogens (tertiary/aromatic N) is 1. The Balaban J connectivity index is 2.26. The van der Waals surface area contributed by atoms with E-state index < -0.39 is 0 Å². The van der Waals surface area contributed by atoms with Crippen molar-refractivity contribution < 1.29 is 9.84 Å². The molecule has 1 atom stereocenters. The molecule has 0 bridgehead atoms. The number of anilines is 1. The molecule has 3 nitrogen and oxygen atoms in total. The van der Waals surface area contributed by atoms with Crippen molar-refractivity contribution in [2.45, 2.75) is 20.0 Å². The summed E-state index contributed by atoms with van der Waals surface area (Å²) in [4.78, 5) is 2.17. The minimum absolute atomic E-state index is 0.308. The molecule has 0 spiro atoms. The van der Waals surface area contributed by atoms with Crippen LogP contribution < -0.4 is 9.64 Å². The lowest BCUT2D eigenvalue weighted by atomic mass is 10.1. The number of aliphatic hydroxyl groups is 1. The lowest BCUT2D eigenvalue weighted by molar-refractivity contribution is 0.194. The molecule has 0 saturated heterocycles. The van der Waals surface area contributed by atoms with E-state index in [1.165, 1.54) is 5.56 Å². The Labute approximate surface area is 90.3 Å². The van der Waals surface area contributed by atoms with Gasteiger partial charge in [-0.3, -0.25) is 0 Å². The van der Waals surface area contributed by atoms with Crippen LogP contribution in [0.4, 0.5) is 5.69 Å². The van der Waals surface area contributed by atoms with Crippen LogP contribution in [-0.2, 0) is 0 Å². The van der Waals surface area contributed by atoms with Gasteiger partial charge >= 0.3 is 0 Å². The number of hydrogen-bond acceptors (Lipinski definition) is 3. The standard InChI is InChI=1S/C12H17NO2/c1-9-3-4-11-12(7-9)15-6-5-13(11)8-10(2)14/h3-4,7,10,14H,5-6,8H2,1-2H3. The highest BCUT2D eigenvalue weighted by molar-refractivity contribution is 5.61. The van der Waals surface area contributed by atoms with Gasteiger partial charge in [0, 0.05) is 6.54 Å². The molecule has 1 heterocycles. The van der Waals surface area contributed by atoms with Gasteiger partial charge in [0.15, 0.2) is 0 Å². The van der Waals surface area contributed by atoms with Crippen LogP contribution in [0.15, 0.2) is 18.2 Å². The summed E-state index contributed by atoms with van der Waals surface area (Å²) in [6.45, 7) is 6.07. The quantitative estimate of drug-likeness (QED) is 0.799. The summed E-state index contributed by atoms with van der Waals surface area (Å²) in [5, 5.41) is 9.40. The molecule has 0 aromatic heterocycles. The normalized spacial score (nSPS) is 16.9. The van der Waals surface area contributed by atoms with Gasteiger partial charge < -0.3 is 14.7 Å². The van der Waals surface area contributed by atoms with Crippen LogP contribution in [0.5, 0.6) is 5.75 Å². The first-order chi connectivity index (χ1) is 7.16. The highest BCUT2D eigenvalue weighted by Crippen LogP contribution is 2.32. The third-order valence-corrected chi connectivity index (χ3v) is 2.56. The van der Waals surface area contributed by atoms with Crippen molar-refractivity contribution in [2.75, 3.05) is 24.6 Å². The Morgan fingerprint density at radius 2 is 2.33 bits per heavy atom. The van der Waals surface area contributed by atoms with E-state index in [1.54, 1.807) is 0 Å². The molecule has 1 aliphatic rings. The van der Waals surface area contributed by atoms with Gasteiger partial charge in [-0.25, -0.2) is 0 Å². The van der Waals surface area contributed by atoms with Gasteiger partial charge in [0.05, 0.1) is 18.3 Å². The molecule has 1 aromatic rings. The van der Waals surface area contributed by atoms with E-state index in [1.807, 2.05) is 13.0 Å². The maximum Gasteiger partial charge on any atom is 0.142 e. The van der Waals surface area contributed by atoms with Gasteiger partial charge in [-0.05, 0) is 31.5 Å². The van der Waals surface area contributed by atoms with Crippen LogP contribution in [0.25, 0.3) is 0 Å². The molecule has 0 radical (unpaired) electrons. The molecule has 1 N–H and O–H groups in total. The van der Waals surface area contributed by atoms with Crippen LogP contribution >= 0.6 is 0 Å². The van der Waals surface area contributed by atoms with E-state index in [2.05, 4.69) is 24.0 Å². The summed E-state index contributed by atoms with van der Waals surface area (Å²) < 4.78 is 5.59. The number of hydrogen-bond donors (Lipinski definition) is 1. The van der Waals surface area contributed by atoms with E-state index in [-0.39, 0.29) is 6.10 Å². The lowest BCUT2D eigenvalue weighted by Crippen LogP contribution is -2.37. The van der Waals surface area contributed by atoms with Gasteiger partial charge in [-0.15, -0.1) is 0 Å². The maximum absolute atomic E-state index is 9.40. The minimum atomic E-state index is -0.308. The summed E-state index contributed by atoms with van der Waals surface area (Å²) >= 11 is 0. The Hall–Kier alpha value is -1.22. The highest BCUT2D eigenvalue weighted by Gasteiger charge is 2.18. The van der Waals surface area contributed by atoms with E-state index in [9.17, 15) is 5.11 Å². The van der Waals surface area contributed by atoms with E-state index in [0.29, 0.717) is 13.2 Å². The molecule has 0 amide bonds.